The first kappa shape index (κ1) is 47.5. The summed E-state index contributed by atoms with van der Waals surface area (Å²) in [6.07, 6.45) is 29.0. The second-order valence-corrected chi connectivity index (χ2v) is 15.5. The molecule has 0 aliphatic heterocycles. The van der Waals surface area contributed by atoms with Gasteiger partial charge in [0.25, 0.3) is 0 Å². The predicted octanol–water partition coefficient (Wildman–Crippen LogP) is 11.8. The minimum absolute atomic E-state index is 0.0558. The van der Waals surface area contributed by atoms with E-state index in [0.717, 1.165) is 96.0 Å². The molecule has 1 aliphatic carbocycles. The summed E-state index contributed by atoms with van der Waals surface area (Å²) in [5.41, 5.74) is 2.49. The zero-order valence-corrected chi connectivity index (χ0v) is 34.9. The van der Waals surface area contributed by atoms with Gasteiger partial charge in [0.05, 0.1) is 31.8 Å². The second kappa shape index (κ2) is 31.1. The van der Waals surface area contributed by atoms with E-state index in [0.29, 0.717) is 19.0 Å². The molecule has 0 spiro atoms. The van der Waals surface area contributed by atoms with E-state index in [-0.39, 0.29) is 29.9 Å². The van der Waals surface area contributed by atoms with Crippen LogP contribution in [0.25, 0.3) is 0 Å². The lowest BCUT2D eigenvalue weighted by Crippen LogP contribution is -2.29. The summed E-state index contributed by atoms with van der Waals surface area (Å²) in [6, 6.07) is 16.4. The van der Waals surface area contributed by atoms with Gasteiger partial charge in [-0.25, -0.2) is 9.59 Å². The van der Waals surface area contributed by atoms with Crippen LogP contribution < -0.4 is 9.47 Å². The van der Waals surface area contributed by atoms with Gasteiger partial charge in [0.2, 0.25) is 0 Å². The van der Waals surface area contributed by atoms with Gasteiger partial charge in [-0.1, -0.05) is 127 Å². The van der Waals surface area contributed by atoms with Crippen LogP contribution in [0.5, 0.6) is 11.5 Å². The van der Waals surface area contributed by atoms with Crippen LogP contribution in [0.2, 0.25) is 0 Å². The van der Waals surface area contributed by atoms with E-state index in [1.165, 1.54) is 100 Å². The predicted molar refractivity (Wildman–Crippen MR) is 229 cm³/mol. The Morgan fingerprint density at radius 3 is 1.32 bits per heavy atom. The van der Waals surface area contributed by atoms with E-state index >= 15 is 0 Å². The maximum atomic E-state index is 12.9. The van der Waals surface area contributed by atoms with E-state index in [4.69, 9.17) is 23.7 Å². The highest BCUT2D eigenvalue weighted by molar-refractivity contribution is 5.81. The van der Waals surface area contributed by atoms with E-state index in [9.17, 15) is 14.4 Å². The monoisotopic (exact) mass is 789 g/mol. The Labute approximate surface area is 344 Å². The Morgan fingerprint density at radius 1 is 0.491 bits per heavy atom. The summed E-state index contributed by atoms with van der Waals surface area (Å²) in [4.78, 5) is 34.9. The highest BCUT2D eigenvalue weighted by Gasteiger charge is 2.28. The van der Waals surface area contributed by atoms with Crippen molar-refractivity contribution in [2.24, 2.45) is 5.92 Å². The van der Waals surface area contributed by atoms with Crippen LogP contribution in [0.15, 0.2) is 73.8 Å². The lowest BCUT2D eigenvalue weighted by atomic mass is 9.87. The van der Waals surface area contributed by atoms with Gasteiger partial charge in [-0.2, -0.15) is 0 Å². The van der Waals surface area contributed by atoms with Gasteiger partial charge in [0.15, 0.2) is 0 Å². The number of esters is 3. The van der Waals surface area contributed by atoms with E-state index < -0.39 is 0 Å². The normalized spacial score (nSPS) is 15.1. The molecule has 316 valence electrons. The Bertz CT molecular complexity index is 1380. The maximum Gasteiger partial charge on any atom is 0.330 e. The zero-order valence-electron chi connectivity index (χ0n) is 34.9. The molecule has 0 N–H and O–H groups in total. The molecule has 2 aromatic rings. The largest absolute Gasteiger partial charge is 0.494 e. The van der Waals surface area contributed by atoms with Gasteiger partial charge in [0.1, 0.15) is 11.5 Å². The molecule has 0 aromatic heterocycles. The average Bonchev–Trinajstić information content (AvgIpc) is 3.24. The van der Waals surface area contributed by atoms with Gasteiger partial charge < -0.3 is 23.7 Å². The highest BCUT2D eigenvalue weighted by Crippen LogP contribution is 2.28. The average molecular weight is 789 g/mol. The van der Waals surface area contributed by atoms with Crippen molar-refractivity contribution >= 4 is 17.9 Å². The van der Waals surface area contributed by atoms with Crippen LogP contribution in [0, 0.1) is 5.92 Å². The summed E-state index contributed by atoms with van der Waals surface area (Å²) < 4.78 is 27.9. The van der Waals surface area contributed by atoms with E-state index in [1.807, 2.05) is 12.1 Å². The quantitative estimate of drug-likeness (QED) is 0.0305. The molecule has 8 nitrogen and oxygen atoms in total. The Balaban J connectivity index is 1.14. The molecule has 1 fully saturated rings. The van der Waals surface area contributed by atoms with Crippen molar-refractivity contribution < 1.29 is 38.1 Å². The van der Waals surface area contributed by atoms with Crippen molar-refractivity contribution in [3.8, 4) is 11.5 Å². The minimum Gasteiger partial charge on any atom is -0.494 e. The first-order valence-electron chi connectivity index (χ1n) is 22.2. The summed E-state index contributed by atoms with van der Waals surface area (Å²) in [7, 11) is 0. The van der Waals surface area contributed by atoms with Gasteiger partial charge >= 0.3 is 17.9 Å². The Morgan fingerprint density at radius 2 is 0.877 bits per heavy atom. The van der Waals surface area contributed by atoms with Gasteiger partial charge in [-0.05, 0) is 99.6 Å². The number of carbonyl (C=O) groups excluding carboxylic acids is 3. The third kappa shape index (κ3) is 23.2. The molecular weight excluding hydrogens is 717 g/mol. The first-order chi connectivity index (χ1) is 28.0. The topological polar surface area (TPSA) is 97.4 Å². The number of ether oxygens (including phenoxy) is 5. The van der Waals surface area contributed by atoms with Crippen molar-refractivity contribution in [1.29, 1.82) is 0 Å². The van der Waals surface area contributed by atoms with Crippen LogP contribution in [0.3, 0.4) is 0 Å². The maximum absolute atomic E-state index is 12.9. The molecule has 0 saturated heterocycles. The molecule has 0 radical (unpaired) electrons. The number of benzene rings is 2. The summed E-state index contributed by atoms with van der Waals surface area (Å²) in [5.74, 6) is 0.701. The SMILES string of the molecule is C=CC(=O)OCCCCCCCCCCCOc1ccc(CCc2ccc(OC(=O)C3CCC(OCCCCCCCCCCCOC(=O)C=C)CC3)cc2)cc1. The van der Waals surface area contributed by atoms with E-state index in [2.05, 4.69) is 49.6 Å². The van der Waals surface area contributed by atoms with Crippen LogP contribution in [-0.2, 0) is 41.4 Å². The molecule has 1 saturated carbocycles. The van der Waals surface area contributed by atoms with Gasteiger partial charge in [0, 0.05) is 18.8 Å². The summed E-state index contributed by atoms with van der Waals surface area (Å²) in [6.45, 7) is 9.35. The van der Waals surface area contributed by atoms with Crippen LogP contribution in [0.1, 0.15) is 152 Å². The molecule has 0 unspecified atom stereocenters. The Hall–Kier alpha value is -3.91. The van der Waals surface area contributed by atoms with Crippen molar-refractivity contribution in [2.45, 2.75) is 160 Å². The number of unbranched alkanes of at least 4 members (excludes halogenated alkanes) is 16. The number of carbonyl (C=O) groups is 3. The van der Waals surface area contributed by atoms with Crippen molar-refractivity contribution in [2.75, 3.05) is 26.4 Å². The zero-order chi connectivity index (χ0) is 40.6. The lowest BCUT2D eigenvalue weighted by molar-refractivity contribution is -0.141. The van der Waals surface area contributed by atoms with Crippen LogP contribution in [-0.4, -0.2) is 50.4 Å². The highest BCUT2D eigenvalue weighted by atomic mass is 16.5. The fourth-order valence-corrected chi connectivity index (χ4v) is 7.22. The first-order valence-corrected chi connectivity index (χ1v) is 22.2. The Kier molecular flexibility index (Phi) is 25.9. The number of hydrogen-bond donors (Lipinski definition) is 0. The molecule has 2 aromatic carbocycles. The molecule has 0 heterocycles. The standard InChI is InChI=1S/C49H72O8/c1-3-47(50)55-39-21-17-13-9-5-7-11-15-19-37-53-44-31-25-41(26-32-44)23-24-42-27-33-46(34-28-42)57-49(52)43-29-35-45(36-30-43)54-38-20-16-12-8-6-10-14-18-22-40-56-48(51)4-2/h3-4,25-28,31-34,43,45H,1-2,5-24,29-30,35-40H2. The van der Waals surface area contributed by atoms with Crippen LogP contribution >= 0.6 is 0 Å². The minimum atomic E-state index is -0.334. The molecule has 1 aliphatic rings. The second-order valence-electron chi connectivity index (χ2n) is 15.5. The number of aryl methyl sites for hydroxylation is 2. The van der Waals surface area contributed by atoms with Gasteiger partial charge in [-0.3, -0.25) is 4.79 Å². The van der Waals surface area contributed by atoms with Crippen molar-refractivity contribution in [3.63, 3.8) is 0 Å². The molecule has 57 heavy (non-hydrogen) atoms. The summed E-state index contributed by atoms with van der Waals surface area (Å²) in [5, 5.41) is 0. The van der Waals surface area contributed by atoms with Gasteiger partial charge in [-0.15, -0.1) is 0 Å². The van der Waals surface area contributed by atoms with E-state index in [1.54, 1.807) is 0 Å². The number of rotatable bonds is 33. The van der Waals surface area contributed by atoms with Crippen molar-refractivity contribution in [3.05, 3.63) is 85.0 Å². The lowest BCUT2D eigenvalue weighted by Gasteiger charge is -2.27. The molecule has 0 bridgehead atoms. The fraction of sp³-hybridized carbons (Fsp3) is 0.612. The molecule has 0 amide bonds. The molecule has 8 heteroatoms. The third-order valence-corrected chi connectivity index (χ3v) is 10.8. The number of hydrogen-bond acceptors (Lipinski definition) is 8. The molecular formula is C49H72O8. The molecule has 3 rings (SSSR count). The molecule has 0 atom stereocenters. The third-order valence-electron chi connectivity index (χ3n) is 10.8. The summed E-state index contributed by atoms with van der Waals surface area (Å²) >= 11 is 0. The smallest absolute Gasteiger partial charge is 0.330 e. The van der Waals surface area contributed by atoms with Crippen LogP contribution in [0.4, 0.5) is 0 Å². The van der Waals surface area contributed by atoms with Crippen molar-refractivity contribution in [1.82, 2.24) is 0 Å². The fourth-order valence-electron chi connectivity index (χ4n) is 7.22.